The molecule has 384 valence electrons. The zero-order valence-electron chi connectivity index (χ0n) is 40.7. The van der Waals surface area contributed by atoms with E-state index in [0.29, 0.717) is 13.0 Å². The molecule has 2 saturated heterocycles. The van der Waals surface area contributed by atoms with Gasteiger partial charge < -0.3 is 64.2 Å². The Morgan fingerprint density at radius 1 is 0.492 bits per heavy atom. The maximum Gasteiger partial charge on any atom is 0.306 e. The fourth-order valence-electron chi connectivity index (χ4n) is 8.46. The molecule has 2 heterocycles. The number of carbonyl (C=O) groups is 1. The fraction of sp³-hybridized carbons (Fsp3) is 0.941. The van der Waals surface area contributed by atoms with E-state index in [1.54, 1.807) is 0 Å². The Kier molecular flexibility index (Phi) is 36.4. The number of rotatable bonds is 42. The average Bonchev–Trinajstić information content (AvgIpc) is 3.30. The van der Waals surface area contributed by atoms with Crippen LogP contribution in [0.15, 0.2) is 12.2 Å². The number of aliphatic hydroxyl groups excluding tert-OH is 7. The molecule has 0 bridgehead atoms. The van der Waals surface area contributed by atoms with E-state index in [1.807, 2.05) is 0 Å². The van der Waals surface area contributed by atoms with Crippen molar-refractivity contribution < 1.29 is 69.0 Å². The van der Waals surface area contributed by atoms with Gasteiger partial charge in [-0.05, 0) is 38.5 Å². The van der Waals surface area contributed by atoms with Crippen LogP contribution in [0.25, 0.3) is 0 Å². The van der Waals surface area contributed by atoms with Crippen LogP contribution in [0.5, 0.6) is 0 Å². The third-order valence-electron chi connectivity index (χ3n) is 12.8. The number of carbonyl (C=O) groups excluding carboxylic acids is 1. The molecule has 2 aliphatic rings. The second-order valence-electron chi connectivity index (χ2n) is 18.7. The fourth-order valence-corrected chi connectivity index (χ4v) is 8.46. The van der Waals surface area contributed by atoms with Crippen molar-refractivity contribution in [2.45, 2.75) is 274 Å². The van der Waals surface area contributed by atoms with E-state index < -0.39 is 80.7 Å². The first-order chi connectivity index (χ1) is 31.6. The van der Waals surface area contributed by atoms with Crippen LogP contribution < -0.4 is 0 Å². The monoisotopic (exact) mass is 933 g/mol. The molecule has 0 saturated carbocycles. The Morgan fingerprint density at radius 3 is 1.43 bits per heavy atom. The van der Waals surface area contributed by atoms with Gasteiger partial charge in [0.05, 0.1) is 26.4 Å². The first-order valence-electron chi connectivity index (χ1n) is 26.3. The second-order valence-corrected chi connectivity index (χ2v) is 18.7. The lowest BCUT2D eigenvalue weighted by Gasteiger charge is -2.42. The third-order valence-corrected chi connectivity index (χ3v) is 12.8. The number of ether oxygens (including phenoxy) is 6. The minimum Gasteiger partial charge on any atom is -0.457 e. The van der Waals surface area contributed by atoms with Crippen molar-refractivity contribution in [2.24, 2.45) is 0 Å². The van der Waals surface area contributed by atoms with Crippen LogP contribution in [0.1, 0.15) is 206 Å². The van der Waals surface area contributed by atoms with Gasteiger partial charge in [0.15, 0.2) is 12.6 Å². The highest BCUT2D eigenvalue weighted by atomic mass is 16.7. The van der Waals surface area contributed by atoms with E-state index in [2.05, 4.69) is 26.0 Å². The number of allylic oxidation sites excluding steroid dienone is 2. The molecule has 14 heteroatoms. The Bertz CT molecular complexity index is 1130. The molecule has 65 heavy (non-hydrogen) atoms. The summed E-state index contributed by atoms with van der Waals surface area (Å²) in [7, 11) is 0. The smallest absolute Gasteiger partial charge is 0.306 e. The lowest BCUT2D eigenvalue weighted by Crippen LogP contribution is -2.61. The van der Waals surface area contributed by atoms with Gasteiger partial charge in [-0.1, -0.05) is 174 Å². The van der Waals surface area contributed by atoms with E-state index in [1.165, 1.54) is 122 Å². The van der Waals surface area contributed by atoms with Crippen molar-refractivity contribution in [3.8, 4) is 0 Å². The normalized spacial score (nSPS) is 26.5. The minimum absolute atomic E-state index is 0.0639. The Morgan fingerprint density at radius 2 is 0.908 bits per heavy atom. The number of esters is 1. The van der Waals surface area contributed by atoms with Crippen LogP contribution in [0.2, 0.25) is 0 Å². The Hall–Kier alpha value is -1.27. The van der Waals surface area contributed by atoms with Crippen molar-refractivity contribution in [1.82, 2.24) is 0 Å². The molecule has 7 N–H and O–H groups in total. The summed E-state index contributed by atoms with van der Waals surface area (Å²) in [5.41, 5.74) is 0. The van der Waals surface area contributed by atoms with Crippen LogP contribution in [0.4, 0.5) is 0 Å². The highest BCUT2D eigenvalue weighted by molar-refractivity contribution is 5.69. The lowest BCUT2D eigenvalue weighted by molar-refractivity contribution is -0.332. The van der Waals surface area contributed by atoms with Crippen LogP contribution in [-0.4, -0.2) is 142 Å². The zero-order valence-corrected chi connectivity index (χ0v) is 40.7. The topological polar surface area (TPSA) is 214 Å². The zero-order chi connectivity index (χ0) is 47.3. The molecule has 0 aromatic heterocycles. The number of unbranched alkanes of at least 4 members (excludes halogenated alkanes) is 26. The van der Waals surface area contributed by atoms with E-state index in [-0.39, 0.29) is 25.6 Å². The summed E-state index contributed by atoms with van der Waals surface area (Å²) >= 11 is 0. The predicted octanol–water partition coefficient (Wildman–Crippen LogP) is 7.85. The summed E-state index contributed by atoms with van der Waals surface area (Å²) in [4.78, 5) is 13.0. The van der Waals surface area contributed by atoms with Crippen molar-refractivity contribution in [3.05, 3.63) is 12.2 Å². The summed E-state index contributed by atoms with van der Waals surface area (Å²) in [6.07, 6.45) is 24.2. The molecule has 14 nitrogen and oxygen atoms in total. The van der Waals surface area contributed by atoms with Gasteiger partial charge in [0.2, 0.25) is 0 Å². The van der Waals surface area contributed by atoms with Crippen LogP contribution in [0.3, 0.4) is 0 Å². The van der Waals surface area contributed by atoms with Gasteiger partial charge in [-0.3, -0.25) is 4.79 Å². The molecular weight excluding hydrogens is 837 g/mol. The largest absolute Gasteiger partial charge is 0.457 e. The first kappa shape index (κ1) is 59.9. The SMILES string of the molecule is CCCCC/C=C\CCCCCCCC(=O)OC(COCCCCCCCCCCCCCCCCCCCCC)COC1OC(COC2OC(CO)C(O)C(O)C2O)C(O)C(O)C1O. The molecule has 11 atom stereocenters. The summed E-state index contributed by atoms with van der Waals surface area (Å²) in [6.45, 7) is 3.68. The maximum atomic E-state index is 13.0. The Labute approximate surface area is 393 Å². The number of hydrogen-bond acceptors (Lipinski definition) is 14. The van der Waals surface area contributed by atoms with Gasteiger partial charge in [-0.2, -0.15) is 0 Å². The molecule has 2 fully saturated rings. The lowest BCUT2D eigenvalue weighted by atomic mass is 9.98. The van der Waals surface area contributed by atoms with Crippen molar-refractivity contribution in [2.75, 3.05) is 33.0 Å². The summed E-state index contributed by atoms with van der Waals surface area (Å²) in [5.74, 6) is -0.382. The summed E-state index contributed by atoms with van der Waals surface area (Å²) in [5, 5.41) is 72.1. The van der Waals surface area contributed by atoms with Crippen molar-refractivity contribution in [1.29, 1.82) is 0 Å². The number of aliphatic hydroxyl groups is 7. The molecule has 0 radical (unpaired) electrons. The van der Waals surface area contributed by atoms with E-state index >= 15 is 0 Å². The van der Waals surface area contributed by atoms with E-state index in [9.17, 15) is 40.5 Å². The minimum atomic E-state index is -1.70. The van der Waals surface area contributed by atoms with Crippen molar-refractivity contribution in [3.63, 3.8) is 0 Å². The highest BCUT2D eigenvalue weighted by Crippen LogP contribution is 2.26. The van der Waals surface area contributed by atoms with Gasteiger partial charge >= 0.3 is 5.97 Å². The van der Waals surface area contributed by atoms with E-state index in [4.69, 9.17) is 28.4 Å². The molecule has 0 aliphatic carbocycles. The average molecular weight is 933 g/mol. The molecular formula is C51H96O14. The summed E-state index contributed by atoms with van der Waals surface area (Å²) < 4.78 is 34.3. The second kappa shape index (κ2) is 39.6. The quantitative estimate of drug-likeness (QED) is 0.0176. The molecule has 0 aromatic rings. The van der Waals surface area contributed by atoms with Gasteiger partial charge in [0, 0.05) is 13.0 Å². The van der Waals surface area contributed by atoms with Crippen LogP contribution >= 0.6 is 0 Å². The third kappa shape index (κ3) is 27.5. The standard InChI is InChI=1S/C51H96O14/c1-3-5-7-9-11-13-15-17-18-19-20-21-22-23-25-27-29-31-33-35-60-37-40(63-43(53)34-32-30-28-26-24-16-14-12-10-8-6-4-2)38-61-50-49(59)47(57)45(55)42(65-50)39-62-51-48(58)46(56)44(54)41(36-52)64-51/h12,14,40-42,44-52,54-59H,3-11,13,15-39H2,1-2H3/b14-12-. The van der Waals surface area contributed by atoms with E-state index in [0.717, 1.165) is 57.8 Å². The molecule has 0 amide bonds. The van der Waals surface area contributed by atoms with Crippen LogP contribution in [0, 0.1) is 0 Å². The summed E-state index contributed by atoms with van der Waals surface area (Å²) in [6, 6.07) is 0. The van der Waals surface area contributed by atoms with Gasteiger partial charge in [-0.25, -0.2) is 0 Å². The Balaban J connectivity index is 1.74. The number of hydrogen-bond donors (Lipinski definition) is 7. The van der Waals surface area contributed by atoms with Crippen molar-refractivity contribution >= 4 is 5.97 Å². The van der Waals surface area contributed by atoms with Gasteiger partial charge in [0.1, 0.15) is 54.9 Å². The molecule has 2 aliphatic heterocycles. The highest BCUT2D eigenvalue weighted by Gasteiger charge is 2.47. The predicted molar refractivity (Wildman–Crippen MR) is 252 cm³/mol. The molecule has 2 rings (SSSR count). The maximum absolute atomic E-state index is 13.0. The first-order valence-corrected chi connectivity index (χ1v) is 26.3. The van der Waals surface area contributed by atoms with Gasteiger partial charge in [-0.15, -0.1) is 0 Å². The van der Waals surface area contributed by atoms with Gasteiger partial charge in [0.25, 0.3) is 0 Å². The van der Waals surface area contributed by atoms with Crippen LogP contribution in [-0.2, 0) is 33.2 Å². The molecule has 0 aromatic carbocycles. The molecule has 0 spiro atoms. The molecule has 11 unspecified atom stereocenters.